The van der Waals surface area contributed by atoms with Gasteiger partial charge in [0.25, 0.3) is 0 Å². The quantitative estimate of drug-likeness (QED) is 0.426. The number of alkyl carbamates (subject to hydrolysis) is 1. The van der Waals surface area contributed by atoms with Crippen LogP contribution < -0.4 is 5.32 Å². The van der Waals surface area contributed by atoms with Gasteiger partial charge in [-0.25, -0.2) is 4.79 Å². The first kappa shape index (κ1) is 12.0. The summed E-state index contributed by atoms with van der Waals surface area (Å²) in [7, 11) is 0. The van der Waals surface area contributed by atoms with Crippen molar-refractivity contribution in [1.29, 1.82) is 0 Å². The minimum absolute atomic E-state index is 0.0464. The number of carbonyl (C=O) groups is 2. The lowest BCUT2D eigenvalue weighted by molar-refractivity contribution is -0.113. The van der Waals surface area contributed by atoms with Gasteiger partial charge in [0.2, 0.25) is 5.12 Å². The number of aliphatic hydroxyl groups excluding tert-OH is 1. The molecule has 6 heteroatoms. The second kappa shape index (κ2) is 6.50. The Morgan fingerprint density at radius 2 is 2.31 bits per heavy atom. The Bertz CT molecular complexity index is 207. The van der Waals surface area contributed by atoms with Crippen LogP contribution in [0.2, 0.25) is 0 Å². The zero-order valence-electron chi connectivity index (χ0n) is 6.90. The fourth-order valence-electron chi connectivity index (χ4n) is 0.504. The second-order valence-electron chi connectivity index (χ2n) is 2.10. The van der Waals surface area contributed by atoms with E-state index in [-0.39, 0.29) is 6.61 Å². The molecule has 0 saturated heterocycles. The molecule has 0 aromatic heterocycles. The topological polar surface area (TPSA) is 75.6 Å². The summed E-state index contributed by atoms with van der Waals surface area (Å²) in [5, 5.41) is 10.1. The lowest BCUT2D eigenvalue weighted by atomic mass is 10.3. The summed E-state index contributed by atoms with van der Waals surface area (Å²) in [4.78, 5) is 21.4. The molecule has 0 spiro atoms. The van der Waals surface area contributed by atoms with Gasteiger partial charge >= 0.3 is 6.09 Å². The van der Waals surface area contributed by atoms with Gasteiger partial charge in [0.15, 0.2) is 0 Å². The summed E-state index contributed by atoms with van der Waals surface area (Å²) in [6.45, 7) is 2.87. The van der Waals surface area contributed by atoms with Crippen LogP contribution in [-0.4, -0.2) is 35.6 Å². The maximum atomic E-state index is 10.8. The van der Waals surface area contributed by atoms with Crippen molar-refractivity contribution < 1.29 is 19.4 Å². The van der Waals surface area contributed by atoms with Crippen LogP contribution in [0.25, 0.3) is 0 Å². The molecule has 0 radical (unpaired) electrons. The molecule has 13 heavy (non-hydrogen) atoms. The van der Waals surface area contributed by atoms with Gasteiger partial charge in [-0.3, -0.25) is 4.79 Å². The Morgan fingerprint density at radius 1 is 1.69 bits per heavy atom. The van der Waals surface area contributed by atoms with E-state index in [2.05, 4.69) is 29.3 Å². The van der Waals surface area contributed by atoms with Crippen LogP contribution in [0.1, 0.15) is 0 Å². The summed E-state index contributed by atoms with van der Waals surface area (Å²) < 4.78 is 4.51. The third-order valence-electron chi connectivity index (χ3n) is 1.11. The first-order chi connectivity index (χ1) is 6.11. The fraction of sp³-hybridized carbons (Fsp3) is 0.429. The van der Waals surface area contributed by atoms with Crippen molar-refractivity contribution in [2.24, 2.45) is 0 Å². The van der Waals surface area contributed by atoms with E-state index in [1.54, 1.807) is 0 Å². The maximum Gasteiger partial charge on any atom is 0.408 e. The molecule has 2 N–H and O–H groups in total. The standard InChI is InChI=1S/C7H11NO4S/c1-2-3-12-7(11)8-5(4-9)6(10)13/h2,5,9H,1,3-4H2,(H,8,11)(H,10,13). The Balaban J connectivity index is 3.86. The minimum Gasteiger partial charge on any atom is -0.445 e. The molecule has 74 valence electrons. The van der Waals surface area contributed by atoms with Crippen LogP contribution in [0.3, 0.4) is 0 Å². The van der Waals surface area contributed by atoms with Crippen molar-refractivity contribution in [3.8, 4) is 0 Å². The third-order valence-corrected chi connectivity index (χ3v) is 1.42. The number of hydrogen-bond acceptors (Lipinski definition) is 4. The van der Waals surface area contributed by atoms with Gasteiger partial charge in [-0.05, 0) is 0 Å². The van der Waals surface area contributed by atoms with Crippen LogP contribution in [-0.2, 0) is 9.53 Å². The highest BCUT2D eigenvalue weighted by molar-refractivity contribution is 7.96. The second-order valence-corrected chi connectivity index (χ2v) is 2.55. The van der Waals surface area contributed by atoms with E-state index < -0.39 is 23.9 Å². The van der Waals surface area contributed by atoms with Gasteiger partial charge in [-0.1, -0.05) is 12.7 Å². The maximum absolute atomic E-state index is 10.8. The van der Waals surface area contributed by atoms with Gasteiger partial charge < -0.3 is 15.2 Å². The van der Waals surface area contributed by atoms with E-state index >= 15 is 0 Å². The van der Waals surface area contributed by atoms with Gasteiger partial charge in [-0.15, -0.1) is 12.6 Å². The van der Waals surface area contributed by atoms with Crippen LogP contribution in [0.15, 0.2) is 12.7 Å². The summed E-state index contributed by atoms with van der Waals surface area (Å²) in [5.74, 6) is 0. The SMILES string of the molecule is C=CCOC(=O)NC(CO)C(=O)S. The highest BCUT2D eigenvalue weighted by Crippen LogP contribution is 1.91. The van der Waals surface area contributed by atoms with Gasteiger partial charge in [0.1, 0.15) is 12.6 Å². The molecule has 1 amide bonds. The molecular weight excluding hydrogens is 194 g/mol. The number of nitrogens with one attached hydrogen (secondary N) is 1. The largest absolute Gasteiger partial charge is 0.445 e. The smallest absolute Gasteiger partial charge is 0.408 e. The molecule has 0 aliphatic carbocycles. The van der Waals surface area contributed by atoms with Crippen molar-refractivity contribution >= 4 is 23.8 Å². The van der Waals surface area contributed by atoms with Crippen molar-refractivity contribution in [3.63, 3.8) is 0 Å². The summed E-state index contributed by atoms with van der Waals surface area (Å²) in [6, 6.07) is -1.03. The highest BCUT2D eigenvalue weighted by atomic mass is 32.1. The summed E-state index contributed by atoms with van der Waals surface area (Å²) in [6.07, 6.45) is 0.595. The van der Waals surface area contributed by atoms with Crippen molar-refractivity contribution in [3.05, 3.63) is 12.7 Å². The Kier molecular flexibility index (Phi) is 5.99. The average Bonchev–Trinajstić information content (AvgIpc) is 2.10. The Morgan fingerprint density at radius 3 is 2.69 bits per heavy atom. The minimum atomic E-state index is -1.03. The lowest BCUT2D eigenvalue weighted by Crippen LogP contribution is -2.41. The zero-order chi connectivity index (χ0) is 10.3. The predicted molar refractivity (Wildman–Crippen MR) is 49.5 cm³/mol. The van der Waals surface area contributed by atoms with Crippen molar-refractivity contribution in [1.82, 2.24) is 5.32 Å². The number of thiol groups is 1. The molecule has 5 nitrogen and oxygen atoms in total. The van der Waals surface area contributed by atoms with Crippen molar-refractivity contribution in [2.45, 2.75) is 6.04 Å². The van der Waals surface area contributed by atoms with E-state index in [4.69, 9.17) is 5.11 Å². The fourth-order valence-corrected chi connectivity index (χ4v) is 0.650. The van der Waals surface area contributed by atoms with Crippen LogP contribution in [0, 0.1) is 0 Å². The molecule has 1 unspecified atom stereocenters. The first-order valence-electron chi connectivity index (χ1n) is 3.49. The number of ether oxygens (including phenoxy) is 1. The average molecular weight is 205 g/mol. The molecule has 0 aromatic carbocycles. The molecule has 0 aromatic rings. The highest BCUT2D eigenvalue weighted by Gasteiger charge is 2.16. The van der Waals surface area contributed by atoms with Crippen LogP contribution >= 0.6 is 12.6 Å². The molecule has 0 heterocycles. The monoisotopic (exact) mass is 205 g/mol. The van der Waals surface area contributed by atoms with Gasteiger partial charge in [0.05, 0.1) is 6.61 Å². The van der Waals surface area contributed by atoms with Gasteiger partial charge in [0, 0.05) is 0 Å². The van der Waals surface area contributed by atoms with E-state index in [0.29, 0.717) is 0 Å². The van der Waals surface area contributed by atoms with E-state index in [1.807, 2.05) is 0 Å². The number of aliphatic hydroxyl groups is 1. The van der Waals surface area contributed by atoms with Gasteiger partial charge in [-0.2, -0.15) is 0 Å². The number of hydrogen-bond donors (Lipinski definition) is 3. The molecule has 0 fully saturated rings. The van der Waals surface area contributed by atoms with Crippen LogP contribution in [0.5, 0.6) is 0 Å². The normalized spacial score (nSPS) is 11.5. The number of amides is 1. The van der Waals surface area contributed by atoms with Crippen LogP contribution in [0.4, 0.5) is 4.79 Å². The number of rotatable bonds is 5. The Hall–Kier alpha value is -1.01. The Labute approximate surface area is 81.2 Å². The predicted octanol–water partition coefficient (Wildman–Crippen LogP) is -0.284. The molecule has 1 atom stereocenters. The van der Waals surface area contributed by atoms with E-state index in [9.17, 15) is 9.59 Å². The first-order valence-corrected chi connectivity index (χ1v) is 3.94. The van der Waals surface area contributed by atoms with E-state index in [1.165, 1.54) is 6.08 Å². The zero-order valence-corrected chi connectivity index (χ0v) is 7.79. The molecule has 0 saturated carbocycles. The summed E-state index contributed by atoms with van der Waals surface area (Å²) >= 11 is 3.45. The molecule has 0 rings (SSSR count). The lowest BCUT2D eigenvalue weighted by Gasteiger charge is -2.11. The van der Waals surface area contributed by atoms with E-state index in [0.717, 1.165) is 0 Å². The molecule has 0 aliphatic heterocycles. The molecular formula is C7H11NO4S. The number of carbonyl (C=O) groups excluding carboxylic acids is 2. The molecule has 0 aliphatic rings. The molecule has 0 bridgehead atoms. The summed E-state index contributed by atoms with van der Waals surface area (Å²) in [5.41, 5.74) is 0. The third kappa shape index (κ3) is 5.26. The van der Waals surface area contributed by atoms with Crippen molar-refractivity contribution in [2.75, 3.05) is 13.2 Å².